The average molecular weight is 502 g/mol. The molecule has 6 atom stereocenters. The number of benzene rings is 2. The second-order valence-corrected chi connectivity index (χ2v) is 8.72. The van der Waals surface area contributed by atoms with Crippen LogP contribution in [0.1, 0.15) is 25.3 Å². The van der Waals surface area contributed by atoms with Crippen molar-refractivity contribution in [3.05, 3.63) is 53.8 Å². The van der Waals surface area contributed by atoms with Gasteiger partial charge in [0.2, 0.25) is 5.76 Å². The Kier molecular flexibility index (Phi) is 8.51. The Hall–Kier alpha value is -3.67. The summed E-state index contributed by atoms with van der Waals surface area (Å²) < 4.78 is 10.6. The van der Waals surface area contributed by atoms with Crippen LogP contribution in [0.25, 0.3) is 10.8 Å². The Bertz CT molecular complexity index is 1180. The number of aliphatic hydroxyl groups is 3. The molecule has 1 aliphatic heterocycles. The molecule has 0 unspecified atom stereocenters. The van der Waals surface area contributed by atoms with Gasteiger partial charge in [0.1, 0.15) is 24.1 Å². The molecule has 1 aliphatic rings. The second-order valence-electron chi connectivity index (χ2n) is 8.72. The van der Waals surface area contributed by atoms with Crippen LogP contribution in [0.15, 0.2) is 53.2 Å². The number of carboxylic acid groups (broad SMARTS) is 1. The number of aliphatic carboxylic acids is 1. The smallest absolute Gasteiger partial charge is 0.370 e. The first-order valence-corrected chi connectivity index (χ1v) is 11.4. The molecular formula is C25H31N3O8. The molecule has 1 amide bonds. The summed E-state index contributed by atoms with van der Waals surface area (Å²) in [4.78, 5) is 28.3. The van der Waals surface area contributed by atoms with E-state index in [0.29, 0.717) is 0 Å². The van der Waals surface area contributed by atoms with Gasteiger partial charge in [-0.25, -0.2) is 4.79 Å². The highest BCUT2D eigenvalue weighted by Gasteiger charge is 2.40. The minimum absolute atomic E-state index is 0.243. The molecule has 7 N–H and O–H groups in total. The van der Waals surface area contributed by atoms with Gasteiger partial charge in [0.05, 0.1) is 25.7 Å². The Labute approximate surface area is 207 Å². The Morgan fingerprint density at radius 1 is 1.19 bits per heavy atom. The third-order valence-electron chi connectivity index (χ3n) is 6.29. The number of hydrogen-bond acceptors (Lipinski definition) is 7. The van der Waals surface area contributed by atoms with E-state index in [9.17, 15) is 24.9 Å². The quantitative estimate of drug-likeness (QED) is 0.219. The molecule has 3 rings (SSSR count). The van der Waals surface area contributed by atoms with Gasteiger partial charge in [-0.1, -0.05) is 31.2 Å². The van der Waals surface area contributed by atoms with Crippen LogP contribution in [0.4, 0.5) is 0 Å². The molecule has 1 heterocycles. The van der Waals surface area contributed by atoms with Crippen molar-refractivity contribution in [1.29, 1.82) is 0 Å². The summed E-state index contributed by atoms with van der Waals surface area (Å²) in [6.07, 6.45) is -3.03. The number of rotatable bonds is 8. The normalized spacial score (nSPS) is 22.7. The highest BCUT2D eigenvalue weighted by Crippen LogP contribution is 2.28. The standard InChI is InChI=1S/C25H31N3O8/c1-12(14-4-5-16-9-17(35-3)7-6-15(16)8-14)23(32)28-25(26)27-18-10-20(24(33)34)36-22(13(18)2)21(31)19(30)11-29/h4-10,12-13,18-19,21-22,29-31H,11H2,1-3H3,(H,33,34)(H3,26,27,28,32)/t12-,13+,18-,19+,21+,22+/m0/s1. The number of guanidine groups is 1. The van der Waals surface area contributed by atoms with Crippen molar-refractivity contribution in [1.82, 2.24) is 5.32 Å². The average Bonchev–Trinajstić information content (AvgIpc) is 2.87. The van der Waals surface area contributed by atoms with E-state index in [1.54, 1.807) is 21.0 Å². The first kappa shape index (κ1) is 26.9. The van der Waals surface area contributed by atoms with Crippen molar-refractivity contribution < 1.29 is 39.5 Å². The number of carbonyl (C=O) groups is 2. The largest absolute Gasteiger partial charge is 0.497 e. The van der Waals surface area contributed by atoms with Crippen LogP contribution in [0, 0.1) is 5.92 Å². The van der Waals surface area contributed by atoms with E-state index in [-0.39, 0.29) is 5.96 Å². The first-order chi connectivity index (χ1) is 17.0. The summed E-state index contributed by atoms with van der Waals surface area (Å²) >= 11 is 0. The van der Waals surface area contributed by atoms with E-state index in [1.165, 1.54) is 6.08 Å². The third kappa shape index (κ3) is 5.93. The lowest BCUT2D eigenvalue weighted by Gasteiger charge is -2.38. The number of ether oxygens (including phenoxy) is 2. The molecule has 0 radical (unpaired) electrons. The Morgan fingerprint density at radius 3 is 2.50 bits per heavy atom. The first-order valence-electron chi connectivity index (χ1n) is 11.4. The monoisotopic (exact) mass is 501 g/mol. The minimum Gasteiger partial charge on any atom is -0.497 e. The van der Waals surface area contributed by atoms with Gasteiger partial charge in [-0.3, -0.25) is 4.79 Å². The van der Waals surface area contributed by atoms with E-state index < -0.39 is 60.4 Å². The predicted octanol–water partition coefficient (Wildman–Crippen LogP) is 0.469. The van der Waals surface area contributed by atoms with Crippen molar-refractivity contribution in [3.8, 4) is 5.75 Å². The summed E-state index contributed by atoms with van der Waals surface area (Å²) in [5.41, 5.74) is 6.71. The SMILES string of the molecule is COc1ccc2cc([C@H](C)C(=O)/N=C(/N)N[C@H]3C=C(C(=O)O)O[C@@H]([C@H](O)[C@H](O)CO)[C@@H]3C)ccc2c1. The highest BCUT2D eigenvalue weighted by atomic mass is 16.5. The highest BCUT2D eigenvalue weighted by molar-refractivity contribution is 5.96. The third-order valence-corrected chi connectivity index (χ3v) is 6.29. The van der Waals surface area contributed by atoms with Crippen LogP contribution in [-0.2, 0) is 14.3 Å². The van der Waals surface area contributed by atoms with Crippen LogP contribution in [0.3, 0.4) is 0 Å². The number of nitrogens with zero attached hydrogens (tertiary/aromatic N) is 1. The number of nitrogens with one attached hydrogen (secondary N) is 1. The zero-order chi connectivity index (χ0) is 26.6. The summed E-state index contributed by atoms with van der Waals surface area (Å²) in [6.45, 7) is 2.59. The van der Waals surface area contributed by atoms with Crippen molar-refractivity contribution in [2.45, 2.75) is 44.1 Å². The maximum Gasteiger partial charge on any atom is 0.370 e. The molecule has 194 valence electrons. The van der Waals surface area contributed by atoms with Gasteiger partial charge in [0, 0.05) is 5.92 Å². The molecule has 2 aromatic rings. The number of carbonyl (C=O) groups excluding carboxylic acids is 1. The number of hydrogen-bond donors (Lipinski definition) is 6. The molecule has 0 saturated carbocycles. The van der Waals surface area contributed by atoms with Gasteiger partial charge >= 0.3 is 5.97 Å². The molecule has 2 aromatic carbocycles. The number of amides is 1. The number of carboxylic acids is 1. The van der Waals surface area contributed by atoms with Crippen LogP contribution >= 0.6 is 0 Å². The molecule has 0 bridgehead atoms. The van der Waals surface area contributed by atoms with Crippen LogP contribution in [0.5, 0.6) is 5.75 Å². The zero-order valence-corrected chi connectivity index (χ0v) is 20.2. The maximum atomic E-state index is 12.8. The predicted molar refractivity (Wildman–Crippen MR) is 131 cm³/mol. The molecule has 0 spiro atoms. The molecule has 0 aliphatic carbocycles. The van der Waals surface area contributed by atoms with Gasteiger partial charge in [-0.2, -0.15) is 4.99 Å². The van der Waals surface area contributed by atoms with E-state index in [2.05, 4.69) is 10.3 Å². The molecule has 11 heteroatoms. The zero-order valence-electron chi connectivity index (χ0n) is 20.2. The van der Waals surface area contributed by atoms with Crippen LogP contribution in [0.2, 0.25) is 0 Å². The number of fused-ring (bicyclic) bond motifs is 1. The lowest BCUT2D eigenvalue weighted by atomic mass is 9.87. The fourth-order valence-corrected chi connectivity index (χ4v) is 4.01. The van der Waals surface area contributed by atoms with E-state index >= 15 is 0 Å². The summed E-state index contributed by atoms with van der Waals surface area (Å²) in [7, 11) is 1.59. The van der Waals surface area contributed by atoms with Crippen LogP contribution < -0.4 is 15.8 Å². The van der Waals surface area contributed by atoms with Crippen molar-refractivity contribution in [2.24, 2.45) is 16.6 Å². The van der Waals surface area contributed by atoms with E-state index in [0.717, 1.165) is 22.1 Å². The lowest BCUT2D eigenvalue weighted by molar-refractivity contribution is -0.147. The fraction of sp³-hybridized carbons (Fsp3) is 0.400. The van der Waals surface area contributed by atoms with Gasteiger partial charge < -0.3 is 41.0 Å². The lowest BCUT2D eigenvalue weighted by Crippen LogP contribution is -2.54. The van der Waals surface area contributed by atoms with Crippen LogP contribution in [-0.4, -0.2) is 76.3 Å². The summed E-state index contributed by atoms with van der Waals surface area (Å²) in [5, 5.41) is 43.3. The molecule has 0 fully saturated rings. The number of nitrogens with two attached hydrogens (primary N) is 1. The Balaban J connectivity index is 1.77. The molecule has 11 nitrogen and oxygen atoms in total. The molecule has 36 heavy (non-hydrogen) atoms. The maximum absolute atomic E-state index is 12.8. The van der Waals surface area contributed by atoms with Gasteiger partial charge in [-0.05, 0) is 41.5 Å². The molecular weight excluding hydrogens is 470 g/mol. The molecule has 0 aromatic heterocycles. The minimum atomic E-state index is -1.56. The molecule has 0 saturated heterocycles. The topological polar surface area (TPSA) is 184 Å². The number of methoxy groups -OCH3 is 1. The van der Waals surface area contributed by atoms with E-state index in [1.807, 2.05) is 36.4 Å². The summed E-state index contributed by atoms with van der Waals surface area (Å²) in [6, 6.07) is 10.4. The van der Waals surface area contributed by atoms with Gasteiger partial charge in [-0.15, -0.1) is 0 Å². The number of aliphatic hydroxyl groups excluding tert-OH is 3. The fourth-order valence-electron chi connectivity index (χ4n) is 4.01. The van der Waals surface area contributed by atoms with Crippen molar-refractivity contribution in [2.75, 3.05) is 13.7 Å². The van der Waals surface area contributed by atoms with Crippen molar-refractivity contribution >= 4 is 28.6 Å². The summed E-state index contributed by atoms with van der Waals surface area (Å²) in [5.74, 6) is -3.11. The Morgan fingerprint density at radius 2 is 1.86 bits per heavy atom. The van der Waals surface area contributed by atoms with Crippen molar-refractivity contribution in [3.63, 3.8) is 0 Å². The second kappa shape index (κ2) is 11.4. The van der Waals surface area contributed by atoms with E-state index in [4.69, 9.17) is 20.3 Å². The number of aliphatic imine (C=N–C) groups is 1. The van der Waals surface area contributed by atoms with Gasteiger partial charge in [0.15, 0.2) is 5.96 Å². The van der Waals surface area contributed by atoms with Gasteiger partial charge in [0.25, 0.3) is 5.91 Å².